The van der Waals surface area contributed by atoms with Gasteiger partial charge in [0, 0.05) is 0 Å². The molecule has 0 bridgehead atoms. The monoisotopic (exact) mass is 568 g/mol. The maximum Gasteiger partial charge on any atom is 0.158 e. The highest BCUT2D eigenvalue weighted by Crippen LogP contribution is 2.24. The van der Waals surface area contributed by atoms with Crippen LogP contribution < -0.4 is 0 Å². The van der Waals surface area contributed by atoms with Gasteiger partial charge in [0.25, 0.3) is 0 Å². The van der Waals surface area contributed by atoms with Crippen LogP contribution in [0.4, 0.5) is 0 Å². The molecule has 0 aliphatic rings. The van der Waals surface area contributed by atoms with E-state index in [-0.39, 0.29) is 0 Å². The van der Waals surface area contributed by atoms with Crippen molar-refractivity contribution >= 4 is 44.4 Å². The summed E-state index contributed by atoms with van der Waals surface area (Å²) >= 11 is 0. The van der Waals surface area contributed by atoms with Crippen LogP contribution in [0.1, 0.15) is 30.4 Å². The zero-order chi connectivity index (χ0) is 28.1. The van der Waals surface area contributed by atoms with Gasteiger partial charge in [-0.05, 0) is 30.4 Å². The molecule has 0 aliphatic carbocycles. The molecule has 0 amide bonds. The minimum Gasteiger partial charge on any atom is -0.350 e. The summed E-state index contributed by atoms with van der Waals surface area (Å²) < 4.78 is 5.10. The molecule has 0 heterocycles. The summed E-state index contributed by atoms with van der Waals surface area (Å²) in [6.45, 7) is 29.0. The van der Waals surface area contributed by atoms with Crippen LogP contribution in [0, 0.1) is 0 Å². The molecule has 0 radical (unpaired) electrons. The van der Waals surface area contributed by atoms with Gasteiger partial charge >= 0.3 is 0 Å². The van der Waals surface area contributed by atoms with Crippen LogP contribution in [0.25, 0.3) is 0 Å². The topological polar surface area (TPSA) is 31.2 Å². The minimum atomic E-state index is -1.61. The molecular weight excluding hydrogens is 517 g/mol. The van der Waals surface area contributed by atoms with Crippen LogP contribution in [0.2, 0.25) is 78.6 Å². The Kier molecular flexibility index (Phi) is 10.5. The first-order valence-corrected chi connectivity index (χ1v) is 27.6. The van der Waals surface area contributed by atoms with Crippen molar-refractivity contribution in [3.8, 4) is 0 Å². The molecule has 2 aromatic rings. The van der Waals surface area contributed by atoms with E-state index in [1.165, 1.54) is 22.6 Å². The molecule has 2 rings (SSSR count). The lowest BCUT2D eigenvalue weighted by Gasteiger charge is -2.42. The highest BCUT2D eigenvalue weighted by Gasteiger charge is 2.35. The van der Waals surface area contributed by atoms with Gasteiger partial charge in [-0.2, -0.15) is 10.2 Å². The summed E-state index contributed by atoms with van der Waals surface area (Å²) in [5.41, 5.74) is 4.91. The Morgan fingerprint density at radius 2 is 0.757 bits per heavy atom. The first kappa shape index (κ1) is 31.5. The SMILES string of the molecule is C[Si](C)(C)N(/N=C(/CCC/C(=N\N([Si](C)(C)C)[Si](C)(C)C)c1ccccc1)c1ccccc1)[Si](C)(C)C. The van der Waals surface area contributed by atoms with Crippen LogP contribution in [0.3, 0.4) is 0 Å². The first-order valence-electron chi connectivity index (χ1n) is 13.8. The van der Waals surface area contributed by atoms with Gasteiger partial charge in [0.2, 0.25) is 0 Å². The van der Waals surface area contributed by atoms with Crippen molar-refractivity contribution in [2.75, 3.05) is 0 Å². The summed E-state index contributed by atoms with van der Waals surface area (Å²) in [6, 6.07) is 21.6. The molecule has 8 heteroatoms. The van der Waals surface area contributed by atoms with Crippen molar-refractivity contribution < 1.29 is 0 Å². The zero-order valence-corrected chi connectivity index (χ0v) is 29.7. The predicted octanol–water partition coefficient (Wildman–Crippen LogP) is 8.91. The second-order valence-corrected chi connectivity index (χ2v) is 33.9. The lowest BCUT2D eigenvalue weighted by atomic mass is 10.0. The van der Waals surface area contributed by atoms with Gasteiger partial charge in [-0.1, -0.05) is 139 Å². The van der Waals surface area contributed by atoms with Gasteiger partial charge in [0.05, 0.1) is 11.4 Å². The molecule has 0 spiro atoms. The largest absolute Gasteiger partial charge is 0.350 e. The van der Waals surface area contributed by atoms with Gasteiger partial charge in [-0.15, -0.1) is 0 Å². The van der Waals surface area contributed by atoms with Crippen molar-refractivity contribution in [1.82, 2.24) is 8.68 Å². The number of benzene rings is 2. The summed E-state index contributed by atoms with van der Waals surface area (Å²) in [5.74, 6) is 0. The lowest BCUT2D eigenvalue weighted by molar-refractivity contribution is 0.656. The third-order valence-corrected chi connectivity index (χ3v) is 19.6. The Bertz CT molecular complexity index is 928. The van der Waals surface area contributed by atoms with Gasteiger partial charge in [-0.25, -0.2) is 0 Å². The fraction of sp³-hybridized carbons (Fsp3) is 0.517. The zero-order valence-electron chi connectivity index (χ0n) is 25.7. The molecule has 0 saturated carbocycles. The molecule has 2 aromatic carbocycles. The number of hydrazone groups is 2. The van der Waals surface area contributed by atoms with Crippen LogP contribution >= 0.6 is 0 Å². The number of hydrogen-bond donors (Lipinski definition) is 0. The maximum absolute atomic E-state index is 5.43. The van der Waals surface area contributed by atoms with Gasteiger partial charge in [0.1, 0.15) is 0 Å². The van der Waals surface area contributed by atoms with E-state index in [0.29, 0.717) is 0 Å². The van der Waals surface area contributed by atoms with E-state index in [9.17, 15) is 0 Å². The smallest absolute Gasteiger partial charge is 0.158 e. The van der Waals surface area contributed by atoms with Crippen LogP contribution in [0.15, 0.2) is 70.9 Å². The quantitative estimate of drug-likeness (QED) is 0.145. The highest BCUT2D eigenvalue weighted by molar-refractivity contribution is 6.90. The third kappa shape index (κ3) is 9.81. The molecule has 0 unspecified atom stereocenters. The average molecular weight is 569 g/mol. The molecule has 0 saturated heterocycles. The van der Waals surface area contributed by atoms with E-state index in [1.54, 1.807) is 0 Å². The van der Waals surface area contributed by atoms with Crippen LogP contribution in [-0.4, -0.2) is 53.0 Å². The fourth-order valence-electron chi connectivity index (χ4n) is 5.04. The van der Waals surface area contributed by atoms with E-state index in [1.807, 2.05) is 0 Å². The van der Waals surface area contributed by atoms with Crippen LogP contribution in [0.5, 0.6) is 0 Å². The Hall–Kier alpha value is -1.75. The second kappa shape index (κ2) is 12.4. The molecule has 204 valence electrons. The summed E-state index contributed by atoms with van der Waals surface area (Å²) in [7, 11) is -6.44. The maximum atomic E-state index is 5.43. The minimum absolute atomic E-state index is 0.946. The van der Waals surface area contributed by atoms with E-state index in [2.05, 4.69) is 148 Å². The molecule has 0 aromatic heterocycles. The molecule has 37 heavy (non-hydrogen) atoms. The average Bonchev–Trinajstić information content (AvgIpc) is 2.75. The standard InChI is InChI=1S/C29H52N4Si4/c1-34(2,3)32(35(4,5)6)30-28(26-20-15-13-16-21-26)24-19-25-29(27-22-17-14-18-23-27)31-33(36(7,8)9)37(10,11)12/h13-18,20-23H,19,24-25H2,1-12H3/b30-28-,31-29+. The Morgan fingerprint density at radius 1 is 0.486 bits per heavy atom. The normalized spacial score (nSPS) is 14.1. The molecule has 0 N–H and O–H groups in total. The van der Waals surface area contributed by atoms with Crippen molar-refractivity contribution in [3.63, 3.8) is 0 Å². The van der Waals surface area contributed by atoms with Crippen molar-refractivity contribution in [2.24, 2.45) is 10.2 Å². The van der Waals surface area contributed by atoms with Crippen molar-refractivity contribution in [1.29, 1.82) is 0 Å². The van der Waals surface area contributed by atoms with Gasteiger partial charge in [0.15, 0.2) is 32.9 Å². The molecule has 0 aliphatic heterocycles. The molecular formula is C29H52N4Si4. The van der Waals surface area contributed by atoms with Gasteiger partial charge < -0.3 is 8.68 Å². The van der Waals surface area contributed by atoms with Crippen LogP contribution in [-0.2, 0) is 0 Å². The third-order valence-electron chi connectivity index (χ3n) is 6.02. The predicted molar refractivity (Wildman–Crippen MR) is 177 cm³/mol. The Balaban J connectivity index is 2.45. The van der Waals surface area contributed by atoms with E-state index in [0.717, 1.165) is 19.3 Å². The highest BCUT2D eigenvalue weighted by atomic mass is 28.4. The van der Waals surface area contributed by atoms with Crippen molar-refractivity contribution in [2.45, 2.75) is 97.8 Å². The van der Waals surface area contributed by atoms with Gasteiger partial charge in [-0.3, -0.25) is 0 Å². The number of rotatable bonds is 12. The molecule has 4 nitrogen and oxygen atoms in total. The summed E-state index contributed by atoms with van der Waals surface area (Å²) in [4.78, 5) is 0. The summed E-state index contributed by atoms with van der Waals surface area (Å²) in [5, 5.41) is 10.9. The number of nitrogens with zero attached hydrogens (tertiary/aromatic N) is 4. The molecule has 0 atom stereocenters. The Labute approximate surface area is 232 Å². The Morgan fingerprint density at radius 3 is 1.00 bits per heavy atom. The number of hydrogen-bond acceptors (Lipinski definition) is 4. The van der Waals surface area contributed by atoms with E-state index in [4.69, 9.17) is 10.2 Å². The lowest BCUT2D eigenvalue weighted by Crippen LogP contribution is -2.56. The second-order valence-electron chi connectivity index (χ2n) is 14.0. The van der Waals surface area contributed by atoms with Crippen molar-refractivity contribution in [3.05, 3.63) is 71.8 Å². The summed E-state index contributed by atoms with van der Waals surface area (Å²) in [6.07, 6.45) is 2.92. The fourth-order valence-corrected chi connectivity index (χ4v) is 22.8. The molecule has 0 fully saturated rings. The first-order chi connectivity index (χ1) is 16.9. The van der Waals surface area contributed by atoms with E-state index >= 15 is 0 Å². The van der Waals surface area contributed by atoms with E-state index < -0.39 is 32.9 Å².